The van der Waals surface area contributed by atoms with Gasteiger partial charge >= 0.3 is 6.03 Å². The smallest absolute Gasteiger partial charge is 0.322 e. The second-order valence-electron chi connectivity index (χ2n) is 6.94. The van der Waals surface area contributed by atoms with Crippen molar-refractivity contribution in [3.63, 3.8) is 0 Å². The minimum absolute atomic E-state index is 0.227. The summed E-state index contributed by atoms with van der Waals surface area (Å²) >= 11 is 0. The average Bonchev–Trinajstić information content (AvgIpc) is 3.16. The molecule has 0 bridgehead atoms. The lowest BCUT2D eigenvalue weighted by molar-refractivity contribution is 0.0117. The molecule has 1 aliphatic heterocycles. The summed E-state index contributed by atoms with van der Waals surface area (Å²) in [7, 11) is 0. The summed E-state index contributed by atoms with van der Waals surface area (Å²) in [6, 6.07) is 5.84. The molecule has 0 saturated carbocycles. The standard InChI is InChI=1S/C18H23FN4O2/c1-12-14(11-20-23(12)15-8-5-4-7-13(15)19)21-17(24)22-10-6-9-16(22)18(2,3)25/h4-5,7-8,11,16,25H,6,9-10H2,1-3H3,(H,21,24). The first-order valence-electron chi connectivity index (χ1n) is 8.38. The normalized spacial score (nSPS) is 17.8. The van der Waals surface area contributed by atoms with Gasteiger partial charge in [-0.15, -0.1) is 0 Å². The van der Waals surface area contributed by atoms with Crippen molar-refractivity contribution in [3.8, 4) is 5.69 Å². The zero-order valence-corrected chi connectivity index (χ0v) is 14.7. The lowest BCUT2D eigenvalue weighted by Gasteiger charge is -2.33. The SMILES string of the molecule is Cc1c(NC(=O)N2CCCC2C(C)(C)O)cnn1-c1ccccc1F. The van der Waals surface area contributed by atoms with E-state index >= 15 is 0 Å². The molecule has 6 nitrogen and oxygen atoms in total. The van der Waals surface area contributed by atoms with Gasteiger partial charge in [-0.2, -0.15) is 5.10 Å². The summed E-state index contributed by atoms with van der Waals surface area (Å²) in [6.45, 7) is 5.79. The number of halogens is 1. The van der Waals surface area contributed by atoms with Gasteiger partial charge in [0.2, 0.25) is 0 Å². The number of anilines is 1. The topological polar surface area (TPSA) is 70.4 Å². The van der Waals surface area contributed by atoms with Crippen molar-refractivity contribution in [1.82, 2.24) is 14.7 Å². The molecule has 0 spiro atoms. The Labute approximate surface area is 146 Å². The lowest BCUT2D eigenvalue weighted by Crippen LogP contribution is -2.49. The van der Waals surface area contributed by atoms with Gasteiger partial charge in [0.05, 0.1) is 29.2 Å². The number of hydrogen-bond donors (Lipinski definition) is 2. The Morgan fingerprint density at radius 1 is 1.40 bits per heavy atom. The fourth-order valence-electron chi connectivity index (χ4n) is 3.33. The number of aromatic nitrogens is 2. The van der Waals surface area contributed by atoms with E-state index in [1.807, 2.05) is 0 Å². The number of likely N-dealkylation sites (tertiary alicyclic amines) is 1. The van der Waals surface area contributed by atoms with Crippen LogP contribution in [-0.2, 0) is 0 Å². The van der Waals surface area contributed by atoms with Crippen molar-refractivity contribution < 1.29 is 14.3 Å². The van der Waals surface area contributed by atoms with E-state index in [1.54, 1.807) is 43.9 Å². The van der Waals surface area contributed by atoms with E-state index < -0.39 is 5.60 Å². The highest BCUT2D eigenvalue weighted by Gasteiger charge is 2.38. The molecule has 1 unspecified atom stereocenters. The highest BCUT2D eigenvalue weighted by Crippen LogP contribution is 2.28. The summed E-state index contributed by atoms with van der Waals surface area (Å²) < 4.78 is 15.4. The minimum Gasteiger partial charge on any atom is -0.388 e. The maximum Gasteiger partial charge on any atom is 0.322 e. The van der Waals surface area contributed by atoms with Crippen LogP contribution in [0.4, 0.5) is 14.9 Å². The van der Waals surface area contributed by atoms with E-state index in [4.69, 9.17) is 0 Å². The molecular formula is C18H23FN4O2. The highest BCUT2D eigenvalue weighted by molar-refractivity contribution is 5.90. The third-order valence-electron chi connectivity index (χ3n) is 4.66. The summed E-state index contributed by atoms with van der Waals surface area (Å²) in [5.74, 6) is -0.381. The van der Waals surface area contributed by atoms with Crippen molar-refractivity contribution in [1.29, 1.82) is 0 Å². The van der Waals surface area contributed by atoms with E-state index in [0.717, 1.165) is 12.8 Å². The molecule has 3 rings (SSSR count). The number of rotatable bonds is 3. The van der Waals surface area contributed by atoms with E-state index in [1.165, 1.54) is 16.9 Å². The first-order chi connectivity index (χ1) is 11.8. The summed E-state index contributed by atoms with van der Waals surface area (Å²) in [4.78, 5) is 14.3. The summed E-state index contributed by atoms with van der Waals surface area (Å²) in [5, 5.41) is 17.3. The van der Waals surface area contributed by atoms with Gasteiger partial charge in [0.25, 0.3) is 0 Å². The third-order valence-corrected chi connectivity index (χ3v) is 4.66. The molecule has 0 aliphatic carbocycles. The largest absolute Gasteiger partial charge is 0.388 e. The Kier molecular flexibility index (Phi) is 4.51. The second kappa shape index (κ2) is 6.48. The summed E-state index contributed by atoms with van der Waals surface area (Å²) in [6.07, 6.45) is 3.13. The molecule has 25 heavy (non-hydrogen) atoms. The van der Waals surface area contributed by atoms with Crippen LogP contribution >= 0.6 is 0 Å². The van der Waals surface area contributed by atoms with Crippen LogP contribution in [0.1, 0.15) is 32.4 Å². The molecule has 1 aliphatic rings. The van der Waals surface area contributed by atoms with Crippen LogP contribution in [0.2, 0.25) is 0 Å². The second-order valence-corrected chi connectivity index (χ2v) is 6.94. The van der Waals surface area contributed by atoms with Gasteiger partial charge in [0, 0.05) is 6.54 Å². The number of carbonyl (C=O) groups is 1. The fraction of sp³-hybridized carbons (Fsp3) is 0.444. The van der Waals surface area contributed by atoms with Crippen LogP contribution in [0.3, 0.4) is 0 Å². The van der Waals surface area contributed by atoms with Gasteiger partial charge < -0.3 is 15.3 Å². The molecule has 2 heterocycles. The van der Waals surface area contributed by atoms with Crippen LogP contribution in [-0.4, -0.2) is 44.0 Å². The maximum absolute atomic E-state index is 14.0. The van der Waals surface area contributed by atoms with Crippen molar-refractivity contribution in [2.24, 2.45) is 0 Å². The molecule has 2 amide bonds. The van der Waals surface area contributed by atoms with Crippen molar-refractivity contribution >= 4 is 11.7 Å². The zero-order chi connectivity index (χ0) is 18.2. The molecule has 2 N–H and O–H groups in total. The molecule has 1 atom stereocenters. The zero-order valence-electron chi connectivity index (χ0n) is 14.7. The van der Waals surface area contributed by atoms with Crippen LogP contribution in [0.25, 0.3) is 5.69 Å². The Bertz CT molecular complexity index is 782. The minimum atomic E-state index is -0.958. The number of nitrogens with one attached hydrogen (secondary N) is 1. The first-order valence-corrected chi connectivity index (χ1v) is 8.38. The molecule has 1 fully saturated rings. The van der Waals surface area contributed by atoms with Gasteiger partial charge in [-0.1, -0.05) is 12.1 Å². The molecule has 7 heteroatoms. The highest BCUT2D eigenvalue weighted by atomic mass is 19.1. The number of para-hydroxylation sites is 1. The molecule has 2 aromatic rings. The molecule has 134 valence electrons. The van der Waals surface area contributed by atoms with Crippen LogP contribution in [0.5, 0.6) is 0 Å². The lowest BCUT2D eigenvalue weighted by atomic mass is 9.97. The maximum atomic E-state index is 14.0. The van der Waals surface area contributed by atoms with Crippen molar-refractivity contribution in [2.75, 3.05) is 11.9 Å². The average molecular weight is 346 g/mol. The Balaban J connectivity index is 1.80. The number of amides is 2. The predicted molar refractivity (Wildman–Crippen MR) is 93.3 cm³/mol. The Hall–Kier alpha value is -2.41. The van der Waals surface area contributed by atoms with Crippen LogP contribution in [0.15, 0.2) is 30.5 Å². The number of hydrogen-bond acceptors (Lipinski definition) is 3. The number of carbonyl (C=O) groups excluding carboxylic acids is 1. The molecule has 1 aromatic heterocycles. The molecule has 1 aromatic carbocycles. The number of urea groups is 1. The van der Waals surface area contributed by atoms with Crippen LogP contribution < -0.4 is 5.32 Å². The van der Waals surface area contributed by atoms with Crippen molar-refractivity contribution in [2.45, 2.75) is 45.3 Å². The summed E-state index contributed by atoms with van der Waals surface area (Å²) in [5.41, 5.74) is 0.531. The van der Waals surface area contributed by atoms with Gasteiger partial charge in [0.1, 0.15) is 11.5 Å². The van der Waals surface area contributed by atoms with E-state index in [0.29, 0.717) is 23.6 Å². The predicted octanol–water partition coefficient (Wildman–Crippen LogP) is 3.09. The van der Waals surface area contributed by atoms with Gasteiger partial charge in [-0.3, -0.25) is 0 Å². The van der Waals surface area contributed by atoms with Gasteiger partial charge in [0.15, 0.2) is 0 Å². The third kappa shape index (κ3) is 3.37. The quantitative estimate of drug-likeness (QED) is 0.897. The Morgan fingerprint density at radius 2 is 2.12 bits per heavy atom. The number of nitrogens with zero attached hydrogens (tertiary/aromatic N) is 3. The van der Waals surface area contributed by atoms with Gasteiger partial charge in [-0.25, -0.2) is 13.9 Å². The van der Waals surface area contributed by atoms with E-state index in [9.17, 15) is 14.3 Å². The number of aliphatic hydroxyl groups is 1. The van der Waals surface area contributed by atoms with Gasteiger partial charge in [-0.05, 0) is 45.7 Å². The van der Waals surface area contributed by atoms with E-state index in [2.05, 4.69) is 10.4 Å². The molecule has 1 saturated heterocycles. The van der Waals surface area contributed by atoms with E-state index in [-0.39, 0.29) is 17.9 Å². The van der Waals surface area contributed by atoms with Crippen LogP contribution in [0, 0.1) is 12.7 Å². The molecule has 0 radical (unpaired) electrons. The molecular weight excluding hydrogens is 323 g/mol. The Morgan fingerprint density at radius 3 is 2.80 bits per heavy atom. The van der Waals surface area contributed by atoms with Crippen molar-refractivity contribution in [3.05, 3.63) is 42.0 Å². The first kappa shape index (κ1) is 17.4. The monoisotopic (exact) mass is 346 g/mol. The number of benzene rings is 1. The fourth-order valence-corrected chi connectivity index (χ4v) is 3.33.